The zero-order chi connectivity index (χ0) is 25.7. The van der Waals surface area contributed by atoms with Gasteiger partial charge in [-0.15, -0.1) is 0 Å². The Balaban J connectivity index is 1.33. The fourth-order valence-corrected chi connectivity index (χ4v) is 4.47. The first-order chi connectivity index (χ1) is 18.1. The van der Waals surface area contributed by atoms with Crippen molar-refractivity contribution in [2.75, 3.05) is 25.5 Å². The minimum atomic E-state index is -0.481. The van der Waals surface area contributed by atoms with E-state index in [1.807, 2.05) is 24.3 Å². The molecular weight excluding hydrogens is 473 g/mol. The van der Waals surface area contributed by atoms with E-state index in [1.54, 1.807) is 36.7 Å². The van der Waals surface area contributed by atoms with Gasteiger partial charge in [-0.3, -0.25) is 14.9 Å². The lowest BCUT2D eigenvalue weighted by atomic mass is 9.87. The van der Waals surface area contributed by atoms with Gasteiger partial charge in [0.15, 0.2) is 11.6 Å². The van der Waals surface area contributed by atoms with Crippen molar-refractivity contribution in [2.45, 2.75) is 24.9 Å². The molecule has 1 amide bonds. The molecule has 1 fully saturated rings. The highest BCUT2D eigenvalue weighted by Crippen LogP contribution is 2.34. The number of benzene rings is 2. The number of carbonyl (C=O) groups excluding carboxylic acids is 1. The molecule has 190 valence electrons. The number of amides is 1. The van der Waals surface area contributed by atoms with E-state index < -0.39 is 11.4 Å². The first-order valence-electron chi connectivity index (χ1n) is 12.1. The van der Waals surface area contributed by atoms with Crippen LogP contribution in [0.3, 0.4) is 0 Å². The summed E-state index contributed by atoms with van der Waals surface area (Å²) in [5.41, 5.74) is 2.04. The summed E-state index contributed by atoms with van der Waals surface area (Å²) >= 11 is 0. The summed E-state index contributed by atoms with van der Waals surface area (Å²) in [4.78, 5) is 21.7. The molecule has 0 radical (unpaired) electrons. The molecule has 37 heavy (non-hydrogen) atoms. The van der Waals surface area contributed by atoms with Gasteiger partial charge >= 0.3 is 0 Å². The summed E-state index contributed by atoms with van der Waals surface area (Å²) < 4.78 is 19.3. The van der Waals surface area contributed by atoms with Crippen molar-refractivity contribution in [3.8, 4) is 17.1 Å². The molecule has 4 N–H and O–H groups in total. The number of hydrogen-bond acceptors (Lipinski definition) is 7. The van der Waals surface area contributed by atoms with Crippen LogP contribution in [0.15, 0.2) is 67.0 Å². The summed E-state index contributed by atoms with van der Waals surface area (Å²) in [6, 6.07) is 15.6. The minimum Gasteiger partial charge on any atom is -0.497 e. The molecule has 0 unspecified atom stereocenters. The molecule has 5 rings (SSSR count). The van der Waals surface area contributed by atoms with Crippen LogP contribution in [0, 0.1) is 5.82 Å². The van der Waals surface area contributed by atoms with Crippen molar-refractivity contribution in [1.29, 1.82) is 0 Å². The number of carbonyl (C=O) groups is 1. The molecule has 1 aliphatic heterocycles. The van der Waals surface area contributed by atoms with Gasteiger partial charge in [0.05, 0.1) is 12.6 Å². The summed E-state index contributed by atoms with van der Waals surface area (Å²) in [5, 5.41) is 17.4. The molecular formula is C27H28FN7O2. The third-order valence-corrected chi connectivity index (χ3v) is 6.54. The largest absolute Gasteiger partial charge is 0.497 e. The normalized spacial score (nSPS) is 14.6. The smallest absolute Gasteiger partial charge is 0.251 e. The predicted octanol–water partition coefficient (Wildman–Crippen LogP) is 3.64. The molecule has 0 atom stereocenters. The number of rotatable bonds is 8. The van der Waals surface area contributed by atoms with Gasteiger partial charge < -0.3 is 20.7 Å². The van der Waals surface area contributed by atoms with E-state index >= 15 is 0 Å². The fourth-order valence-electron chi connectivity index (χ4n) is 4.47. The topological polar surface area (TPSA) is 117 Å². The quantitative estimate of drug-likeness (QED) is 0.291. The number of piperidine rings is 1. The van der Waals surface area contributed by atoms with Crippen molar-refractivity contribution in [2.24, 2.45) is 0 Å². The van der Waals surface area contributed by atoms with Crippen LogP contribution in [0.4, 0.5) is 10.1 Å². The number of nitrogens with one attached hydrogen (secondary N) is 4. The van der Waals surface area contributed by atoms with Crippen LogP contribution in [0.25, 0.3) is 11.4 Å². The van der Waals surface area contributed by atoms with Crippen LogP contribution in [0.2, 0.25) is 0 Å². The molecule has 4 aromatic rings. The number of H-pyrrole nitrogens is 1. The second kappa shape index (κ2) is 10.8. The van der Waals surface area contributed by atoms with Gasteiger partial charge in [0.1, 0.15) is 11.6 Å². The lowest BCUT2D eigenvalue weighted by molar-refractivity contribution is 0.0950. The molecule has 1 saturated heterocycles. The van der Waals surface area contributed by atoms with Crippen molar-refractivity contribution in [1.82, 2.24) is 30.8 Å². The third kappa shape index (κ3) is 5.44. The van der Waals surface area contributed by atoms with Crippen LogP contribution in [-0.2, 0) is 12.1 Å². The lowest BCUT2D eigenvalue weighted by Crippen LogP contribution is -2.46. The van der Waals surface area contributed by atoms with Gasteiger partial charge in [-0.25, -0.2) is 9.37 Å². The molecule has 0 bridgehead atoms. The number of aromatic amines is 1. The van der Waals surface area contributed by atoms with E-state index in [2.05, 4.69) is 31.1 Å². The Morgan fingerprint density at radius 1 is 1.11 bits per heavy atom. The monoisotopic (exact) mass is 501 g/mol. The lowest BCUT2D eigenvalue weighted by Gasteiger charge is -2.37. The average Bonchev–Trinajstić information content (AvgIpc) is 3.45. The van der Waals surface area contributed by atoms with Gasteiger partial charge in [0, 0.05) is 47.4 Å². The van der Waals surface area contributed by atoms with Crippen molar-refractivity contribution < 1.29 is 13.9 Å². The Kier molecular flexibility index (Phi) is 7.09. The zero-order valence-electron chi connectivity index (χ0n) is 20.4. The Labute approximate surface area is 213 Å². The summed E-state index contributed by atoms with van der Waals surface area (Å²) in [6.07, 6.45) is 4.99. The highest BCUT2D eigenvalue weighted by molar-refractivity contribution is 5.95. The molecule has 1 aliphatic rings. The molecule has 10 heteroatoms. The van der Waals surface area contributed by atoms with Gasteiger partial charge in [-0.1, -0.05) is 12.1 Å². The summed E-state index contributed by atoms with van der Waals surface area (Å²) in [6.45, 7) is 1.69. The Hall–Kier alpha value is -4.31. The number of hydrogen-bond donors (Lipinski definition) is 4. The number of anilines is 1. The number of halogens is 1. The third-order valence-electron chi connectivity index (χ3n) is 6.54. The minimum absolute atomic E-state index is 0.0672. The molecule has 3 heterocycles. The van der Waals surface area contributed by atoms with Crippen molar-refractivity contribution in [3.63, 3.8) is 0 Å². The summed E-state index contributed by atoms with van der Waals surface area (Å²) in [7, 11) is 1.48. The van der Waals surface area contributed by atoms with E-state index in [0.717, 1.165) is 43.0 Å². The SMILES string of the molecule is COc1ccc(CNC(=O)c2cccc(NC3(c4nc(-c5ccncc5)n[nH]4)CCNCC3)c2)c(F)c1. The van der Waals surface area contributed by atoms with E-state index in [1.165, 1.54) is 13.2 Å². The molecule has 0 saturated carbocycles. The average molecular weight is 502 g/mol. The maximum absolute atomic E-state index is 14.3. The first kappa shape index (κ1) is 24.4. The van der Waals surface area contributed by atoms with Crippen LogP contribution >= 0.6 is 0 Å². The standard InChI is InChI=1S/C27H28FN7O2/c1-37-22-6-5-20(23(28)16-22)17-31-25(36)19-3-2-4-21(15-19)33-27(9-13-30-14-10-27)26-32-24(34-35-26)18-7-11-29-12-8-18/h2-8,11-12,15-16,30,33H,9-10,13-14,17H2,1H3,(H,31,36)(H,32,34,35). The number of aromatic nitrogens is 4. The van der Waals surface area contributed by atoms with Crippen molar-refractivity contribution >= 4 is 11.6 Å². The Bertz CT molecular complexity index is 1370. The van der Waals surface area contributed by atoms with E-state index in [0.29, 0.717) is 22.7 Å². The maximum Gasteiger partial charge on any atom is 0.251 e. The van der Waals surface area contributed by atoms with E-state index in [9.17, 15) is 9.18 Å². The molecule has 0 spiro atoms. The first-order valence-corrected chi connectivity index (χ1v) is 12.1. The van der Waals surface area contributed by atoms with Crippen LogP contribution in [0.5, 0.6) is 5.75 Å². The number of ether oxygens (including phenoxy) is 1. The Morgan fingerprint density at radius 2 is 1.92 bits per heavy atom. The second-order valence-corrected chi connectivity index (χ2v) is 8.92. The highest BCUT2D eigenvalue weighted by atomic mass is 19.1. The van der Waals surface area contributed by atoms with E-state index in [-0.39, 0.29) is 12.5 Å². The van der Waals surface area contributed by atoms with Crippen LogP contribution in [-0.4, -0.2) is 46.3 Å². The highest BCUT2D eigenvalue weighted by Gasteiger charge is 2.37. The fraction of sp³-hybridized carbons (Fsp3) is 0.259. The number of methoxy groups -OCH3 is 1. The zero-order valence-corrected chi connectivity index (χ0v) is 20.4. The van der Waals surface area contributed by atoms with E-state index in [4.69, 9.17) is 9.72 Å². The number of pyridine rings is 1. The maximum atomic E-state index is 14.3. The van der Waals surface area contributed by atoms with Gasteiger partial charge in [-0.2, -0.15) is 5.10 Å². The molecule has 2 aromatic carbocycles. The van der Waals surface area contributed by atoms with Crippen LogP contribution < -0.4 is 20.7 Å². The molecule has 9 nitrogen and oxygen atoms in total. The Morgan fingerprint density at radius 3 is 2.68 bits per heavy atom. The van der Waals surface area contributed by atoms with Gasteiger partial charge in [0.2, 0.25) is 0 Å². The second-order valence-electron chi connectivity index (χ2n) is 8.92. The molecule has 2 aromatic heterocycles. The van der Waals surface area contributed by atoms with Crippen LogP contribution in [0.1, 0.15) is 34.6 Å². The molecule has 0 aliphatic carbocycles. The van der Waals surface area contributed by atoms with Gasteiger partial charge in [-0.05, 0) is 62.3 Å². The predicted molar refractivity (Wildman–Crippen MR) is 138 cm³/mol. The number of nitrogens with zero attached hydrogens (tertiary/aromatic N) is 3. The van der Waals surface area contributed by atoms with Crippen molar-refractivity contribution in [3.05, 3.63) is 89.8 Å². The summed E-state index contributed by atoms with van der Waals surface area (Å²) in [5.74, 6) is 1.05. The van der Waals surface area contributed by atoms with Gasteiger partial charge in [0.25, 0.3) is 5.91 Å².